The van der Waals surface area contributed by atoms with Gasteiger partial charge >= 0.3 is 5.97 Å². The van der Waals surface area contributed by atoms with E-state index in [4.69, 9.17) is 9.47 Å². The van der Waals surface area contributed by atoms with Crippen LogP contribution in [0.4, 0.5) is 5.82 Å². The van der Waals surface area contributed by atoms with Gasteiger partial charge < -0.3 is 14.8 Å². The highest BCUT2D eigenvalue weighted by molar-refractivity contribution is 5.96. The molecule has 0 spiro atoms. The molecule has 0 aliphatic heterocycles. The number of nitrogens with one attached hydrogen (secondary N) is 1. The molecule has 1 heterocycles. The predicted molar refractivity (Wildman–Crippen MR) is 98.3 cm³/mol. The van der Waals surface area contributed by atoms with E-state index >= 15 is 0 Å². The van der Waals surface area contributed by atoms with E-state index in [1.54, 1.807) is 41.2 Å². The van der Waals surface area contributed by atoms with Gasteiger partial charge in [-0.05, 0) is 51.5 Å². The van der Waals surface area contributed by atoms with Crippen molar-refractivity contribution >= 4 is 17.7 Å². The van der Waals surface area contributed by atoms with Gasteiger partial charge in [0.05, 0.1) is 18.4 Å². The first-order valence-electron chi connectivity index (χ1n) is 8.70. The minimum absolute atomic E-state index is 0.103. The standard InChI is InChI=1S/C19H25N3O4/c1-5-12-25-16-8-6-15(7-9-16)19(24)26-14(4)18(23)21-17-10-11-20-22(17)13(2)3/h6-11,13-14H,5,12H2,1-4H3,(H,21,23)/t14-/m0/s1. The number of hydrogen-bond donors (Lipinski definition) is 1. The maximum Gasteiger partial charge on any atom is 0.338 e. The summed E-state index contributed by atoms with van der Waals surface area (Å²) in [6, 6.07) is 8.45. The molecule has 1 N–H and O–H groups in total. The third kappa shape index (κ3) is 5.08. The minimum atomic E-state index is -0.936. The lowest BCUT2D eigenvalue weighted by Gasteiger charge is -2.16. The van der Waals surface area contributed by atoms with Crippen molar-refractivity contribution in [2.24, 2.45) is 0 Å². The van der Waals surface area contributed by atoms with Crippen LogP contribution in [-0.4, -0.2) is 34.4 Å². The molecule has 0 saturated carbocycles. The number of rotatable bonds is 8. The van der Waals surface area contributed by atoms with Crippen molar-refractivity contribution in [1.82, 2.24) is 9.78 Å². The van der Waals surface area contributed by atoms with Gasteiger partial charge in [0.25, 0.3) is 5.91 Å². The number of ether oxygens (including phenoxy) is 2. The van der Waals surface area contributed by atoms with Crippen LogP contribution in [0.3, 0.4) is 0 Å². The number of amides is 1. The van der Waals surface area contributed by atoms with E-state index in [1.165, 1.54) is 6.92 Å². The molecule has 140 valence electrons. The zero-order valence-corrected chi connectivity index (χ0v) is 15.6. The van der Waals surface area contributed by atoms with E-state index in [1.807, 2.05) is 20.8 Å². The van der Waals surface area contributed by atoms with Gasteiger partial charge in [-0.2, -0.15) is 5.10 Å². The van der Waals surface area contributed by atoms with Gasteiger partial charge in [-0.1, -0.05) is 6.92 Å². The van der Waals surface area contributed by atoms with Crippen LogP contribution in [0.2, 0.25) is 0 Å². The molecule has 0 unspecified atom stereocenters. The smallest absolute Gasteiger partial charge is 0.338 e. The summed E-state index contributed by atoms with van der Waals surface area (Å²) in [5, 5.41) is 6.87. The summed E-state index contributed by atoms with van der Waals surface area (Å²) in [6.07, 6.45) is 1.58. The molecule has 0 aliphatic carbocycles. The van der Waals surface area contributed by atoms with E-state index in [0.29, 0.717) is 23.7 Å². The van der Waals surface area contributed by atoms with Crippen LogP contribution in [0.25, 0.3) is 0 Å². The van der Waals surface area contributed by atoms with Crippen molar-refractivity contribution < 1.29 is 19.1 Å². The molecule has 0 aliphatic rings. The van der Waals surface area contributed by atoms with Gasteiger partial charge in [0, 0.05) is 12.1 Å². The molecule has 26 heavy (non-hydrogen) atoms. The summed E-state index contributed by atoms with van der Waals surface area (Å²) >= 11 is 0. The lowest BCUT2D eigenvalue weighted by Crippen LogP contribution is -2.31. The summed E-state index contributed by atoms with van der Waals surface area (Å²) in [6.45, 7) is 8.09. The fraction of sp³-hybridized carbons (Fsp3) is 0.421. The number of anilines is 1. The van der Waals surface area contributed by atoms with Crippen molar-refractivity contribution in [3.8, 4) is 5.75 Å². The maximum absolute atomic E-state index is 12.3. The van der Waals surface area contributed by atoms with E-state index in [-0.39, 0.29) is 6.04 Å². The van der Waals surface area contributed by atoms with Crippen LogP contribution >= 0.6 is 0 Å². The first kappa shape index (κ1) is 19.5. The van der Waals surface area contributed by atoms with Gasteiger partial charge in [0.2, 0.25) is 0 Å². The zero-order valence-electron chi connectivity index (χ0n) is 15.6. The molecule has 0 bridgehead atoms. The molecular formula is C19H25N3O4. The third-order valence-electron chi connectivity index (χ3n) is 3.63. The molecular weight excluding hydrogens is 334 g/mol. The SMILES string of the molecule is CCCOc1ccc(C(=O)O[C@@H](C)C(=O)Nc2ccnn2C(C)C)cc1. The quantitative estimate of drug-likeness (QED) is 0.730. The summed E-state index contributed by atoms with van der Waals surface area (Å²) < 4.78 is 12.4. The first-order valence-corrected chi connectivity index (χ1v) is 8.70. The van der Waals surface area contributed by atoms with Crippen LogP contribution in [0, 0.1) is 0 Å². The van der Waals surface area contributed by atoms with E-state index in [2.05, 4.69) is 10.4 Å². The Hall–Kier alpha value is -2.83. The highest BCUT2D eigenvalue weighted by Gasteiger charge is 2.20. The Labute approximate surface area is 153 Å². The monoisotopic (exact) mass is 359 g/mol. The Kier molecular flexibility index (Phi) is 6.77. The first-order chi connectivity index (χ1) is 12.4. The number of benzene rings is 1. The van der Waals surface area contributed by atoms with Gasteiger partial charge in [0.1, 0.15) is 11.6 Å². The molecule has 2 rings (SSSR count). The van der Waals surface area contributed by atoms with Crippen molar-refractivity contribution in [2.75, 3.05) is 11.9 Å². The Morgan fingerprint density at radius 1 is 1.15 bits per heavy atom. The molecule has 1 amide bonds. The predicted octanol–water partition coefficient (Wildman–Crippen LogP) is 3.44. The van der Waals surface area contributed by atoms with Crippen LogP contribution in [0.15, 0.2) is 36.5 Å². The number of esters is 1. The molecule has 0 fully saturated rings. The molecule has 0 saturated heterocycles. The second-order valence-electron chi connectivity index (χ2n) is 6.16. The van der Waals surface area contributed by atoms with E-state index < -0.39 is 18.0 Å². The number of carbonyl (C=O) groups excluding carboxylic acids is 2. The Bertz CT molecular complexity index is 737. The Morgan fingerprint density at radius 2 is 1.85 bits per heavy atom. The van der Waals surface area contributed by atoms with Gasteiger partial charge in [0.15, 0.2) is 6.10 Å². The number of hydrogen-bond acceptors (Lipinski definition) is 5. The zero-order chi connectivity index (χ0) is 19.1. The topological polar surface area (TPSA) is 82.4 Å². The van der Waals surface area contributed by atoms with Crippen molar-refractivity contribution in [2.45, 2.75) is 46.3 Å². The normalized spacial score (nSPS) is 11.9. The summed E-state index contributed by atoms with van der Waals surface area (Å²) in [4.78, 5) is 24.5. The highest BCUT2D eigenvalue weighted by atomic mass is 16.5. The molecule has 1 aromatic heterocycles. The largest absolute Gasteiger partial charge is 0.494 e. The van der Waals surface area contributed by atoms with Crippen molar-refractivity contribution in [1.29, 1.82) is 0 Å². The second-order valence-corrected chi connectivity index (χ2v) is 6.16. The van der Waals surface area contributed by atoms with Gasteiger partial charge in [-0.3, -0.25) is 4.79 Å². The highest BCUT2D eigenvalue weighted by Crippen LogP contribution is 2.16. The third-order valence-corrected chi connectivity index (χ3v) is 3.63. The summed E-state index contributed by atoms with van der Waals surface area (Å²) in [5.74, 6) is 0.275. The second kappa shape index (κ2) is 9.03. The molecule has 7 nitrogen and oxygen atoms in total. The van der Waals surface area contributed by atoms with Crippen LogP contribution < -0.4 is 10.1 Å². The average Bonchev–Trinajstić information content (AvgIpc) is 3.08. The number of carbonyl (C=O) groups is 2. The minimum Gasteiger partial charge on any atom is -0.494 e. The number of aromatic nitrogens is 2. The molecule has 1 aromatic carbocycles. The van der Waals surface area contributed by atoms with E-state index in [9.17, 15) is 9.59 Å². The lowest BCUT2D eigenvalue weighted by atomic mass is 10.2. The molecule has 7 heteroatoms. The van der Waals surface area contributed by atoms with Crippen LogP contribution in [0.1, 0.15) is 50.5 Å². The molecule has 1 atom stereocenters. The Balaban J connectivity index is 1.93. The van der Waals surface area contributed by atoms with Gasteiger partial charge in [-0.25, -0.2) is 9.48 Å². The van der Waals surface area contributed by atoms with Crippen molar-refractivity contribution in [3.05, 3.63) is 42.1 Å². The fourth-order valence-electron chi connectivity index (χ4n) is 2.24. The summed E-state index contributed by atoms with van der Waals surface area (Å²) in [7, 11) is 0. The summed E-state index contributed by atoms with van der Waals surface area (Å²) in [5.41, 5.74) is 0.362. The van der Waals surface area contributed by atoms with Crippen LogP contribution in [-0.2, 0) is 9.53 Å². The van der Waals surface area contributed by atoms with Crippen molar-refractivity contribution in [3.63, 3.8) is 0 Å². The Morgan fingerprint density at radius 3 is 2.46 bits per heavy atom. The van der Waals surface area contributed by atoms with Gasteiger partial charge in [-0.15, -0.1) is 0 Å². The van der Waals surface area contributed by atoms with Crippen LogP contribution in [0.5, 0.6) is 5.75 Å². The molecule has 0 radical (unpaired) electrons. The lowest BCUT2D eigenvalue weighted by molar-refractivity contribution is -0.123. The average molecular weight is 359 g/mol. The molecule has 2 aromatic rings. The number of nitrogens with zero attached hydrogens (tertiary/aromatic N) is 2. The maximum atomic E-state index is 12.3. The van der Waals surface area contributed by atoms with E-state index in [0.717, 1.165) is 6.42 Å². The fourth-order valence-corrected chi connectivity index (χ4v) is 2.24.